The van der Waals surface area contributed by atoms with Crippen molar-refractivity contribution < 1.29 is 33.8 Å². The molecule has 0 aromatic carbocycles. The van der Waals surface area contributed by atoms with Gasteiger partial charge in [0.15, 0.2) is 0 Å². The second-order valence-corrected chi connectivity index (χ2v) is 8.12. The first kappa shape index (κ1) is 21.9. The predicted molar refractivity (Wildman–Crippen MR) is 97.3 cm³/mol. The van der Waals surface area contributed by atoms with E-state index in [0.29, 0.717) is 12.8 Å². The molecule has 2 heterocycles. The summed E-state index contributed by atoms with van der Waals surface area (Å²) in [5.74, 6) is -2.10. The molecule has 0 saturated carbocycles. The number of carbonyl (C=O) groups excluding carboxylic acids is 3. The van der Waals surface area contributed by atoms with E-state index in [1.165, 1.54) is 18.9 Å². The Hall–Kier alpha value is -2.36. The van der Waals surface area contributed by atoms with Crippen molar-refractivity contribution in [1.82, 2.24) is 15.1 Å². The topological polar surface area (TPSA) is 125 Å². The number of amides is 3. The average molecular weight is 399 g/mol. The van der Waals surface area contributed by atoms with E-state index in [-0.39, 0.29) is 13.0 Å². The van der Waals surface area contributed by atoms with Crippen molar-refractivity contribution in [1.29, 1.82) is 0 Å². The number of rotatable bonds is 4. The molecule has 3 amide bonds. The van der Waals surface area contributed by atoms with Crippen molar-refractivity contribution in [2.75, 3.05) is 13.7 Å². The van der Waals surface area contributed by atoms with E-state index in [9.17, 15) is 24.3 Å². The summed E-state index contributed by atoms with van der Waals surface area (Å²) < 4.78 is 10.8. The number of carboxylic acids is 1. The molecule has 4 atom stereocenters. The first-order chi connectivity index (χ1) is 12.9. The first-order valence-corrected chi connectivity index (χ1v) is 9.35. The molecule has 0 spiro atoms. The van der Waals surface area contributed by atoms with Crippen LogP contribution in [-0.4, -0.2) is 82.4 Å². The van der Waals surface area contributed by atoms with E-state index >= 15 is 0 Å². The molecule has 158 valence electrons. The van der Waals surface area contributed by atoms with Crippen LogP contribution in [0.2, 0.25) is 0 Å². The van der Waals surface area contributed by atoms with E-state index < -0.39 is 53.8 Å². The molecule has 2 fully saturated rings. The zero-order chi connectivity index (χ0) is 21.2. The molecular formula is C18H29N3O7. The fourth-order valence-electron chi connectivity index (χ4n) is 3.20. The maximum Gasteiger partial charge on any atom is 0.410 e. The fourth-order valence-corrected chi connectivity index (χ4v) is 3.20. The standard InChI is InChI=1S/C18H29N3O7/c1-10(20(5)17(26)28-18(2,3)4)14(22)19-11-8-9-27-13-7-6-12(16(24)25)21(13)15(11)23/h10-13H,6-9H2,1-5H3,(H,19,22)(H,24,25)/t10?,11-,12-,13?/m0/s1. The minimum atomic E-state index is -1.09. The zero-order valence-corrected chi connectivity index (χ0v) is 16.9. The summed E-state index contributed by atoms with van der Waals surface area (Å²) in [5, 5.41) is 12.0. The Kier molecular flexibility index (Phi) is 6.53. The van der Waals surface area contributed by atoms with Gasteiger partial charge in [0.2, 0.25) is 11.8 Å². The number of carboxylic acid groups (broad SMARTS) is 1. The molecule has 0 aromatic heterocycles. The Balaban J connectivity index is 2.04. The average Bonchev–Trinajstić information content (AvgIpc) is 2.95. The number of carbonyl (C=O) groups is 4. The summed E-state index contributed by atoms with van der Waals surface area (Å²) in [4.78, 5) is 51.4. The summed E-state index contributed by atoms with van der Waals surface area (Å²) in [7, 11) is 1.44. The monoisotopic (exact) mass is 399 g/mol. The van der Waals surface area contributed by atoms with Crippen LogP contribution in [0.25, 0.3) is 0 Å². The normalized spacial score (nSPS) is 26.1. The van der Waals surface area contributed by atoms with Crippen LogP contribution in [0.4, 0.5) is 4.79 Å². The molecule has 28 heavy (non-hydrogen) atoms. The third-order valence-electron chi connectivity index (χ3n) is 4.85. The summed E-state index contributed by atoms with van der Waals surface area (Å²) in [6.45, 7) is 6.91. The number of hydrogen-bond donors (Lipinski definition) is 2. The SMILES string of the molecule is CC(C(=O)N[C@H]1CCOC2CC[C@@H](C(=O)O)N2C1=O)N(C)C(=O)OC(C)(C)C. The van der Waals surface area contributed by atoms with Gasteiger partial charge in [-0.2, -0.15) is 0 Å². The van der Waals surface area contributed by atoms with Crippen LogP contribution in [0.15, 0.2) is 0 Å². The zero-order valence-electron chi connectivity index (χ0n) is 16.9. The van der Waals surface area contributed by atoms with E-state index in [1.807, 2.05) is 0 Å². The third kappa shape index (κ3) is 4.92. The van der Waals surface area contributed by atoms with Gasteiger partial charge in [0, 0.05) is 13.5 Å². The summed E-state index contributed by atoms with van der Waals surface area (Å²) >= 11 is 0. The van der Waals surface area contributed by atoms with Crippen LogP contribution < -0.4 is 5.32 Å². The smallest absolute Gasteiger partial charge is 0.410 e. The number of likely N-dealkylation sites (N-methyl/N-ethyl adjacent to an activating group) is 1. The molecular weight excluding hydrogens is 370 g/mol. The van der Waals surface area contributed by atoms with Gasteiger partial charge in [0.05, 0.1) is 6.61 Å². The number of fused-ring (bicyclic) bond motifs is 1. The Morgan fingerprint density at radius 3 is 2.50 bits per heavy atom. The lowest BCUT2D eigenvalue weighted by Gasteiger charge is -2.30. The summed E-state index contributed by atoms with van der Waals surface area (Å²) in [6, 6.07) is -2.75. The molecule has 2 N–H and O–H groups in total. The number of nitrogens with one attached hydrogen (secondary N) is 1. The number of ether oxygens (including phenoxy) is 2. The van der Waals surface area contributed by atoms with Gasteiger partial charge in [-0.1, -0.05) is 0 Å². The van der Waals surface area contributed by atoms with Gasteiger partial charge in [0.25, 0.3) is 0 Å². The van der Waals surface area contributed by atoms with Crippen LogP contribution in [0, 0.1) is 0 Å². The molecule has 0 bridgehead atoms. The highest BCUT2D eigenvalue weighted by Crippen LogP contribution is 2.29. The fraction of sp³-hybridized carbons (Fsp3) is 0.778. The van der Waals surface area contributed by atoms with E-state index in [0.717, 1.165) is 4.90 Å². The Morgan fingerprint density at radius 1 is 1.29 bits per heavy atom. The van der Waals surface area contributed by atoms with Crippen molar-refractivity contribution in [3.8, 4) is 0 Å². The number of hydrogen-bond acceptors (Lipinski definition) is 6. The molecule has 2 unspecified atom stereocenters. The van der Waals surface area contributed by atoms with E-state index in [1.54, 1.807) is 20.8 Å². The Labute approximate surface area is 164 Å². The van der Waals surface area contributed by atoms with Gasteiger partial charge in [-0.25, -0.2) is 9.59 Å². The van der Waals surface area contributed by atoms with Crippen LogP contribution in [0.1, 0.15) is 47.0 Å². The molecule has 0 aromatic rings. The van der Waals surface area contributed by atoms with Gasteiger partial charge in [-0.15, -0.1) is 0 Å². The van der Waals surface area contributed by atoms with Gasteiger partial charge < -0.3 is 24.8 Å². The lowest BCUT2D eigenvalue weighted by molar-refractivity contribution is -0.155. The third-order valence-corrected chi connectivity index (χ3v) is 4.85. The number of aliphatic carboxylic acids is 1. The summed E-state index contributed by atoms with van der Waals surface area (Å²) in [5.41, 5.74) is -0.702. The van der Waals surface area contributed by atoms with Crippen molar-refractivity contribution in [2.45, 2.75) is 76.9 Å². The molecule has 10 nitrogen and oxygen atoms in total. The first-order valence-electron chi connectivity index (χ1n) is 9.35. The molecule has 10 heteroatoms. The number of nitrogens with zero attached hydrogens (tertiary/aromatic N) is 2. The van der Waals surface area contributed by atoms with Gasteiger partial charge in [-0.3, -0.25) is 14.5 Å². The van der Waals surface area contributed by atoms with Crippen LogP contribution in [0.3, 0.4) is 0 Å². The maximum absolute atomic E-state index is 12.9. The minimum absolute atomic E-state index is 0.223. The van der Waals surface area contributed by atoms with E-state index in [4.69, 9.17) is 9.47 Å². The predicted octanol–water partition coefficient (Wildman–Crippen LogP) is 0.549. The lowest BCUT2D eigenvalue weighted by Crippen LogP contribution is -2.56. The Morgan fingerprint density at radius 2 is 1.93 bits per heavy atom. The molecule has 2 saturated heterocycles. The molecule has 0 radical (unpaired) electrons. The lowest BCUT2D eigenvalue weighted by atomic mass is 10.1. The second-order valence-electron chi connectivity index (χ2n) is 8.12. The molecule has 0 aliphatic carbocycles. The van der Waals surface area contributed by atoms with Crippen LogP contribution >= 0.6 is 0 Å². The quantitative estimate of drug-likeness (QED) is 0.707. The van der Waals surface area contributed by atoms with Crippen molar-refractivity contribution >= 4 is 23.9 Å². The van der Waals surface area contributed by atoms with E-state index in [2.05, 4.69) is 5.32 Å². The Bertz CT molecular complexity index is 646. The summed E-state index contributed by atoms with van der Waals surface area (Å²) in [6.07, 6.45) is -0.258. The van der Waals surface area contributed by atoms with Crippen LogP contribution in [0.5, 0.6) is 0 Å². The maximum atomic E-state index is 12.9. The molecule has 2 aliphatic heterocycles. The van der Waals surface area contributed by atoms with Gasteiger partial charge >= 0.3 is 12.1 Å². The molecule has 2 aliphatic rings. The van der Waals surface area contributed by atoms with Gasteiger partial charge in [0.1, 0.15) is 30.0 Å². The highest BCUT2D eigenvalue weighted by molar-refractivity contribution is 5.93. The second kappa shape index (κ2) is 8.34. The molecule has 2 rings (SSSR count). The van der Waals surface area contributed by atoms with Crippen LogP contribution in [-0.2, 0) is 23.9 Å². The van der Waals surface area contributed by atoms with Crippen molar-refractivity contribution in [2.24, 2.45) is 0 Å². The van der Waals surface area contributed by atoms with Crippen molar-refractivity contribution in [3.05, 3.63) is 0 Å². The highest BCUT2D eigenvalue weighted by Gasteiger charge is 2.46. The highest BCUT2D eigenvalue weighted by atomic mass is 16.6. The van der Waals surface area contributed by atoms with Crippen molar-refractivity contribution in [3.63, 3.8) is 0 Å². The minimum Gasteiger partial charge on any atom is -0.480 e. The van der Waals surface area contributed by atoms with Gasteiger partial charge in [-0.05, 0) is 40.5 Å². The largest absolute Gasteiger partial charge is 0.480 e.